The Morgan fingerprint density at radius 2 is 2.27 bits per heavy atom. The first kappa shape index (κ1) is 12.9. The lowest BCUT2D eigenvalue weighted by Gasteiger charge is -2.16. The number of hydrogen-bond donors (Lipinski definition) is 2. The standard InChI is InChI=1S/C9H21N3O2S/c1-2-6-11-15(13,14)12-7-4-9(8-12)3-5-10/h9,11H,2-8,10H2,1H3. The van der Waals surface area contributed by atoms with Crippen molar-refractivity contribution in [3.05, 3.63) is 0 Å². The molecule has 1 fully saturated rings. The Morgan fingerprint density at radius 1 is 1.53 bits per heavy atom. The molecular weight excluding hydrogens is 214 g/mol. The van der Waals surface area contributed by atoms with Crippen molar-refractivity contribution in [2.24, 2.45) is 11.7 Å². The summed E-state index contributed by atoms with van der Waals surface area (Å²) in [5.41, 5.74) is 5.46. The van der Waals surface area contributed by atoms with Gasteiger partial charge in [0, 0.05) is 19.6 Å². The summed E-state index contributed by atoms with van der Waals surface area (Å²) < 4.78 is 27.6. The average Bonchev–Trinajstić information content (AvgIpc) is 2.65. The Morgan fingerprint density at radius 3 is 2.87 bits per heavy atom. The molecule has 0 aromatic heterocycles. The molecule has 0 aromatic rings. The molecule has 1 saturated heterocycles. The molecule has 1 aliphatic heterocycles. The molecule has 0 aliphatic carbocycles. The van der Waals surface area contributed by atoms with E-state index in [1.54, 1.807) is 0 Å². The monoisotopic (exact) mass is 235 g/mol. The fourth-order valence-electron chi connectivity index (χ4n) is 1.81. The van der Waals surface area contributed by atoms with E-state index in [1.165, 1.54) is 4.31 Å². The average molecular weight is 235 g/mol. The van der Waals surface area contributed by atoms with Crippen molar-refractivity contribution < 1.29 is 8.42 Å². The van der Waals surface area contributed by atoms with Gasteiger partial charge in [-0.05, 0) is 31.7 Å². The first-order valence-electron chi connectivity index (χ1n) is 5.55. The van der Waals surface area contributed by atoms with Gasteiger partial charge < -0.3 is 5.73 Å². The predicted octanol–water partition coefficient (Wildman–Crippen LogP) is -0.0985. The van der Waals surface area contributed by atoms with Gasteiger partial charge in [-0.1, -0.05) is 6.92 Å². The zero-order valence-corrected chi connectivity index (χ0v) is 10.1. The summed E-state index contributed by atoms with van der Waals surface area (Å²) in [6.07, 6.45) is 2.67. The minimum absolute atomic E-state index is 0.438. The first-order chi connectivity index (χ1) is 7.10. The number of nitrogens with zero attached hydrogens (tertiary/aromatic N) is 1. The normalized spacial score (nSPS) is 23.5. The van der Waals surface area contributed by atoms with Gasteiger partial charge in [-0.3, -0.25) is 0 Å². The summed E-state index contributed by atoms with van der Waals surface area (Å²) in [6, 6.07) is 0. The third-order valence-electron chi connectivity index (χ3n) is 2.70. The molecule has 0 aromatic carbocycles. The van der Waals surface area contributed by atoms with Crippen molar-refractivity contribution in [1.29, 1.82) is 0 Å². The quantitative estimate of drug-likeness (QED) is 0.675. The van der Waals surface area contributed by atoms with Crippen LogP contribution in [0, 0.1) is 5.92 Å². The van der Waals surface area contributed by atoms with E-state index in [4.69, 9.17) is 5.73 Å². The van der Waals surface area contributed by atoms with Gasteiger partial charge in [0.2, 0.25) is 0 Å². The lowest BCUT2D eigenvalue weighted by atomic mass is 10.1. The molecule has 90 valence electrons. The molecule has 1 atom stereocenters. The molecule has 1 heterocycles. The Labute approximate surface area is 92.2 Å². The molecular formula is C9H21N3O2S. The summed E-state index contributed by atoms with van der Waals surface area (Å²) in [4.78, 5) is 0. The highest BCUT2D eigenvalue weighted by Crippen LogP contribution is 2.20. The van der Waals surface area contributed by atoms with Crippen molar-refractivity contribution in [2.75, 3.05) is 26.2 Å². The molecule has 3 N–H and O–H groups in total. The second-order valence-corrected chi connectivity index (χ2v) is 5.74. The van der Waals surface area contributed by atoms with Gasteiger partial charge in [-0.2, -0.15) is 12.7 Å². The molecule has 1 unspecified atom stereocenters. The van der Waals surface area contributed by atoms with Gasteiger partial charge in [0.25, 0.3) is 10.2 Å². The number of nitrogens with two attached hydrogens (primary N) is 1. The number of nitrogens with one attached hydrogen (secondary N) is 1. The highest BCUT2D eigenvalue weighted by molar-refractivity contribution is 7.87. The highest BCUT2D eigenvalue weighted by atomic mass is 32.2. The molecule has 0 radical (unpaired) electrons. The summed E-state index contributed by atoms with van der Waals surface area (Å²) in [7, 11) is -3.23. The van der Waals surface area contributed by atoms with Crippen molar-refractivity contribution in [2.45, 2.75) is 26.2 Å². The fourth-order valence-corrected chi connectivity index (χ4v) is 3.21. The topological polar surface area (TPSA) is 75.4 Å². The van der Waals surface area contributed by atoms with Gasteiger partial charge in [-0.15, -0.1) is 0 Å². The van der Waals surface area contributed by atoms with Gasteiger partial charge in [0.05, 0.1) is 0 Å². The molecule has 0 amide bonds. The minimum Gasteiger partial charge on any atom is -0.330 e. The van der Waals surface area contributed by atoms with Gasteiger partial charge >= 0.3 is 0 Å². The minimum atomic E-state index is -3.23. The van der Waals surface area contributed by atoms with E-state index >= 15 is 0 Å². The molecule has 0 spiro atoms. The first-order valence-corrected chi connectivity index (χ1v) is 6.99. The van der Waals surface area contributed by atoms with Gasteiger partial charge in [0.1, 0.15) is 0 Å². The van der Waals surface area contributed by atoms with Crippen LogP contribution in [0.5, 0.6) is 0 Å². The second-order valence-electron chi connectivity index (χ2n) is 3.99. The Hall–Kier alpha value is -0.170. The molecule has 1 rings (SSSR count). The van der Waals surface area contributed by atoms with E-state index in [9.17, 15) is 8.42 Å². The third-order valence-corrected chi connectivity index (χ3v) is 4.28. The fraction of sp³-hybridized carbons (Fsp3) is 1.00. The third kappa shape index (κ3) is 3.71. The van der Waals surface area contributed by atoms with Gasteiger partial charge in [0.15, 0.2) is 0 Å². The Bertz CT molecular complexity index is 279. The molecule has 1 aliphatic rings. The molecule has 0 bridgehead atoms. The van der Waals surface area contributed by atoms with E-state index < -0.39 is 10.2 Å². The van der Waals surface area contributed by atoms with Crippen molar-refractivity contribution in [3.63, 3.8) is 0 Å². The van der Waals surface area contributed by atoms with Gasteiger partial charge in [-0.25, -0.2) is 4.72 Å². The summed E-state index contributed by atoms with van der Waals surface area (Å²) in [6.45, 7) is 4.35. The molecule has 15 heavy (non-hydrogen) atoms. The predicted molar refractivity (Wildman–Crippen MR) is 60.6 cm³/mol. The van der Waals surface area contributed by atoms with Crippen LogP contribution in [-0.4, -0.2) is 38.9 Å². The van der Waals surface area contributed by atoms with Crippen LogP contribution < -0.4 is 10.5 Å². The maximum absolute atomic E-state index is 11.7. The SMILES string of the molecule is CCCNS(=O)(=O)N1CCC(CCN)C1. The van der Waals surface area contributed by atoms with Crippen LogP contribution >= 0.6 is 0 Å². The van der Waals surface area contributed by atoms with E-state index in [0.717, 1.165) is 19.3 Å². The Kier molecular flexibility index (Phi) is 4.98. The van der Waals surface area contributed by atoms with Crippen LogP contribution in [-0.2, 0) is 10.2 Å². The van der Waals surface area contributed by atoms with Crippen LogP contribution in [0.4, 0.5) is 0 Å². The van der Waals surface area contributed by atoms with Crippen molar-refractivity contribution >= 4 is 10.2 Å². The number of hydrogen-bond acceptors (Lipinski definition) is 3. The molecule has 5 nitrogen and oxygen atoms in total. The zero-order valence-electron chi connectivity index (χ0n) is 9.28. The van der Waals surface area contributed by atoms with Crippen molar-refractivity contribution in [1.82, 2.24) is 9.03 Å². The van der Waals surface area contributed by atoms with Crippen LogP contribution in [0.25, 0.3) is 0 Å². The highest BCUT2D eigenvalue weighted by Gasteiger charge is 2.30. The van der Waals surface area contributed by atoms with E-state index in [2.05, 4.69) is 4.72 Å². The van der Waals surface area contributed by atoms with E-state index in [0.29, 0.717) is 32.1 Å². The maximum atomic E-state index is 11.7. The summed E-state index contributed by atoms with van der Waals surface area (Å²) in [5.74, 6) is 0.438. The van der Waals surface area contributed by atoms with Crippen LogP contribution in [0.2, 0.25) is 0 Å². The lowest BCUT2D eigenvalue weighted by Crippen LogP contribution is -2.39. The molecule has 0 saturated carbocycles. The maximum Gasteiger partial charge on any atom is 0.279 e. The van der Waals surface area contributed by atoms with Crippen LogP contribution in [0.1, 0.15) is 26.2 Å². The van der Waals surface area contributed by atoms with E-state index in [-0.39, 0.29) is 0 Å². The number of rotatable bonds is 6. The summed E-state index contributed by atoms with van der Waals surface area (Å²) >= 11 is 0. The van der Waals surface area contributed by atoms with Crippen LogP contribution in [0.15, 0.2) is 0 Å². The van der Waals surface area contributed by atoms with Crippen LogP contribution in [0.3, 0.4) is 0 Å². The van der Waals surface area contributed by atoms with Crippen molar-refractivity contribution in [3.8, 4) is 0 Å². The lowest BCUT2D eigenvalue weighted by molar-refractivity contribution is 0.440. The molecule has 6 heteroatoms. The summed E-state index contributed by atoms with van der Waals surface area (Å²) in [5, 5.41) is 0. The second kappa shape index (κ2) is 5.79. The largest absolute Gasteiger partial charge is 0.330 e. The zero-order chi connectivity index (χ0) is 11.3. The van der Waals surface area contributed by atoms with E-state index in [1.807, 2.05) is 6.92 Å². The smallest absolute Gasteiger partial charge is 0.279 e. The Balaban J connectivity index is 2.45.